The molecule has 0 saturated carbocycles. The van der Waals surface area contributed by atoms with Crippen LogP contribution >= 0.6 is 11.6 Å². The van der Waals surface area contributed by atoms with Gasteiger partial charge >= 0.3 is 0 Å². The lowest BCUT2D eigenvalue weighted by atomic mass is 10.2. The van der Waals surface area contributed by atoms with E-state index in [1.54, 1.807) is 26.5 Å². The first-order valence-electron chi connectivity index (χ1n) is 4.43. The molecule has 1 heterocycles. The molecule has 0 spiro atoms. The van der Waals surface area contributed by atoms with E-state index in [0.717, 1.165) is 5.39 Å². The van der Waals surface area contributed by atoms with Gasteiger partial charge in [0.1, 0.15) is 17.0 Å². The Labute approximate surface area is 92.6 Å². The lowest BCUT2D eigenvalue weighted by molar-refractivity contribution is 0.410. The number of ether oxygens (including phenoxy) is 2. The molecule has 0 saturated heterocycles. The fourth-order valence-corrected chi connectivity index (χ4v) is 1.75. The zero-order chi connectivity index (χ0) is 10.8. The Morgan fingerprint density at radius 3 is 2.40 bits per heavy atom. The highest BCUT2D eigenvalue weighted by atomic mass is 35.5. The predicted octanol–water partition coefficient (Wildman–Crippen LogP) is 2.91. The fourth-order valence-electron chi connectivity index (χ4n) is 1.51. The zero-order valence-electron chi connectivity index (χ0n) is 8.45. The van der Waals surface area contributed by atoms with E-state index in [2.05, 4.69) is 4.98 Å². The largest absolute Gasteiger partial charge is 0.496 e. The van der Waals surface area contributed by atoms with Crippen LogP contribution in [-0.4, -0.2) is 19.2 Å². The molecular formula is C11H10ClNO2. The summed E-state index contributed by atoms with van der Waals surface area (Å²) in [5, 5.41) is 1.39. The minimum absolute atomic E-state index is 0.607. The molecule has 2 aromatic rings. The first kappa shape index (κ1) is 10.1. The van der Waals surface area contributed by atoms with E-state index >= 15 is 0 Å². The van der Waals surface area contributed by atoms with Gasteiger partial charge in [-0.2, -0.15) is 0 Å². The smallest absolute Gasteiger partial charge is 0.145 e. The quantitative estimate of drug-likeness (QED) is 0.785. The van der Waals surface area contributed by atoms with Gasteiger partial charge < -0.3 is 9.47 Å². The molecule has 0 unspecified atom stereocenters. The number of nitrogens with zero attached hydrogens (tertiary/aromatic N) is 1. The SMILES string of the molecule is COc1ccc(OC)c2c(Cl)ccnc12. The second kappa shape index (κ2) is 3.95. The van der Waals surface area contributed by atoms with Crippen LogP contribution in [0.2, 0.25) is 5.02 Å². The minimum Gasteiger partial charge on any atom is -0.496 e. The number of benzene rings is 1. The summed E-state index contributed by atoms with van der Waals surface area (Å²) in [5.74, 6) is 1.39. The molecule has 0 aliphatic heterocycles. The second-order valence-electron chi connectivity index (χ2n) is 2.99. The molecule has 1 aromatic carbocycles. The van der Waals surface area contributed by atoms with Crippen LogP contribution < -0.4 is 9.47 Å². The highest BCUT2D eigenvalue weighted by molar-refractivity contribution is 6.36. The molecule has 0 amide bonds. The van der Waals surface area contributed by atoms with Gasteiger partial charge in [-0.3, -0.25) is 4.98 Å². The summed E-state index contributed by atoms with van der Waals surface area (Å²) in [6.07, 6.45) is 1.65. The summed E-state index contributed by atoms with van der Waals surface area (Å²) in [5.41, 5.74) is 0.712. The van der Waals surface area contributed by atoms with Crippen molar-refractivity contribution in [2.75, 3.05) is 14.2 Å². The van der Waals surface area contributed by atoms with Crippen molar-refractivity contribution in [1.29, 1.82) is 0 Å². The molecule has 0 bridgehead atoms. The zero-order valence-corrected chi connectivity index (χ0v) is 9.21. The first-order chi connectivity index (χ1) is 7.27. The highest BCUT2D eigenvalue weighted by Gasteiger charge is 2.10. The summed E-state index contributed by atoms with van der Waals surface area (Å²) in [6.45, 7) is 0. The van der Waals surface area contributed by atoms with Crippen molar-refractivity contribution in [3.63, 3.8) is 0 Å². The Bertz CT molecular complexity index is 499. The van der Waals surface area contributed by atoms with E-state index in [4.69, 9.17) is 21.1 Å². The molecule has 0 N–H and O–H groups in total. The number of methoxy groups -OCH3 is 2. The van der Waals surface area contributed by atoms with Crippen molar-refractivity contribution in [3.8, 4) is 11.5 Å². The van der Waals surface area contributed by atoms with Crippen molar-refractivity contribution in [2.45, 2.75) is 0 Å². The minimum atomic E-state index is 0.607. The molecule has 2 rings (SSSR count). The Hall–Kier alpha value is -1.48. The topological polar surface area (TPSA) is 31.4 Å². The van der Waals surface area contributed by atoms with E-state index in [0.29, 0.717) is 22.0 Å². The Morgan fingerprint density at radius 2 is 1.73 bits per heavy atom. The average Bonchev–Trinajstić information content (AvgIpc) is 2.28. The van der Waals surface area contributed by atoms with E-state index < -0.39 is 0 Å². The number of rotatable bonds is 2. The van der Waals surface area contributed by atoms with Gasteiger partial charge in [0.15, 0.2) is 0 Å². The molecule has 0 radical (unpaired) electrons. The van der Waals surface area contributed by atoms with E-state index in [-0.39, 0.29) is 0 Å². The number of pyridine rings is 1. The van der Waals surface area contributed by atoms with Gasteiger partial charge in [-0.05, 0) is 18.2 Å². The Balaban J connectivity index is 2.86. The van der Waals surface area contributed by atoms with Crippen LogP contribution in [0.5, 0.6) is 11.5 Å². The summed E-state index contributed by atoms with van der Waals surface area (Å²) in [7, 11) is 3.20. The molecule has 1 aromatic heterocycles. The van der Waals surface area contributed by atoms with E-state index in [1.807, 2.05) is 12.1 Å². The number of halogens is 1. The maximum atomic E-state index is 6.09. The van der Waals surface area contributed by atoms with Crippen LogP contribution in [-0.2, 0) is 0 Å². The van der Waals surface area contributed by atoms with Crippen LogP contribution in [0.3, 0.4) is 0 Å². The molecule has 0 fully saturated rings. The molecule has 15 heavy (non-hydrogen) atoms. The van der Waals surface area contributed by atoms with Crippen LogP contribution in [0.15, 0.2) is 24.4 Å². The van der Waals surface area contributed by atoms with Gasteiger partial charge in [-0.25, -0.2) is 0 Å². The van der Waals surface area contributed by atoms with Crippen LogP contribution in [0.4, 0.5) is 0 Å². The average molecular weight is 224 g/mol. The third-order valence-electron chi connectivity index (χ3n) is 2.21. The van der Waals surface area contributed by atoms with Crippen molar-refractivity contribution in [2.24, 2.45) is 0 Å². The fraction of sp³-hybridized carbons (Fsp3) is 0.182. The molecule has 78 valence electrons. The van der Waals surface area contributed by atoms with Gasteiger partial charge in [-0.15, -0.1) is 0 Å². The van der Waals surface area contributed by atoms with Crippen LogP contribution in [0.25, 0.3) is 10.9 Å². The van der Waals surface area contributed by atoms with Crippen LogP contribution in [0, 0.1) is 0 Å². The van der Waals surface area contributed by atoms with Gasteiger partial charge in [0, 0.05) is 6.20 Å². The van der Waals surface area contributed by atoms with Crippen LogP contribution in [0.1, 0.15) is 0 Å². The third kappa shape index (κ3) is 1.59. The van der Waals surface area contributed by atoms with Crippen molar-refractivity contribution in [3.05, 3.63) is 29.4 Å². The van der Waals surface area contributed by atoms with Gasteiger partial charge in [0.05, 0.1) is 24.6 Å². The van der Waals surface area contributed by atoms with Crippen molar-refractivity contribution >= 4 is 22.5 Å². The summed E-state index contributed by atoms with van der Waals surface area (Å²) < 4.78 is 10.4. The van der Waals surface area contributed by atoms with Gasteiger partial charge in [0.25, 0.3) is 0 Å². The molecule has 0 atom stereocenters. The van der Waals surface area contributed by atoms with Gasteiger partial charge in [-0.1, -0.05) is 11.6 Å². The predicted molar refractivity (Wildman–Crippen MR) is 59.9 cm³/mol. The Morgan fingerprint density at radius 1 is 1.07 bits per heavy atom. The van der Waals surface area contributed by atoms with Crippen molar-refractivity contribution in [1.82, 2.24) is 4.98 Å². The van der Waals surface area contributed by atoms with E-state index in [9.17, 15) is 0 Å². The van der Waals surface area contributed by atoms with Gasteiger partial charge in [0.2, 0.25) is 0 Å². The molecule has 3 nitrogen and oxygen atoms in total. The molecule has 0 aliphatic rings. The maximum Gasteiger partial charge on any atom is 0.145 e. The summed E-state index contributed by atoms with van der Waals surface area (Å²) in [4.78, 5) is 4.23. The van der Waals surface area contributed by atoms with E-state index in [1.165, 1.54) is 0 Å². The molecule has 4 heteroatoms. The monoisotopic (exact) mass is 223 g/mol. The standard InChI is InChI=1S/C11H10ClNO2/c1-14-8-3-4-9(15-2)11-10(8)7(12)5-6-13-11/h3-6H,1-2H3. The lowest BCUT2D eigenvalue weighted by Gasteiger charge is -2.09. The lowest BCUT2D eigenvalue weighted by Crippen LogP contribution is -1.91. The second-order valence-corrected chi connectivity index (χ2v) is 3.39. The number of hydrogen-bond donors (Lipinski definition) is 0. The number of aromatic nitrogens is 1. The maximum absolute atomic E-state index is 6.09. The highest BCUT2D eigenvalue weighted by Crippen LogP contribution is 2.35. The first-order valence-corrected chi connectivity index (χ1v) is 4.81. The van der Waals surface area contributed by atoms with Crippen molar-refractivity contribution < 1.29 is 9.47 Å². The summed E-state index contributed by atoms with van der Waals surface area (Å²) in [6, 6.07) is 5.35. The third-order valence-corrected chi connectivity index (χ3v) is 2.52. The molecule has 0 aliphatic carbocycles. The normalized spacial score (nSPS) is 10.3. The molecular weight excluding hydrogens is 214 g/mol. The number of hydrogen-bond acceptors (Lipinski definition) is 3. The summed E-state index contributed by atoms with van der Waals surface area (Å²) >= 11 is 6.09. The Kier molecular flexibility index (Phi) is 2.64. The number of fused-ring (bicyclic) bond motifs is 1.